The lowest BCUT2D eigenvalue weighted by Crippen LogP contribution is -1.75. The van der Waals surface area contributed by atoms with Gasteiger partial charge < -0.3 is 4.98 Å². The third kappa shape index (κ3) is 1.23. The minimum absolute atomic E-state index is 0.735. The molecule has 0 saturated heterocycles. The third-order valence-electron chi connectivity index (χ3n) is 1.73. The zero-order valence-corrected chi connectivity index (χ0v) is 8.70. The molecule has 2 rings (SSSR count). The molecule has 1 heterocycles. The Morgan fingerprint density at radius 1 is 1.50 bits per heavy atom. The summed E-state index contributed by atoms with van der Waals surface area (Å²) >= 11 is 9.19. The van der Waals surface area contributed by atoms with Crippen molar-refractivity contribution in [3.05, 3.63) is 27.5 Å². The predicted octanol–water partition coefficient (Wildman–Crippen LogP) is 3.29. The highest BCUT2D eigenvalue weighted by molar-refractivity contribution is 9.10. The number of aryl methyl sites for hydroxylation is 1. The summed E-state index contributed by atoms with van der Waals surface area (Å²) in [4.78, 5) is 7.27. The van der Waals surface area contributed by atoms with E-state index in [4.69, 9.17) is 11.6 Å². The van der Waals surface area contributed by atoms with Crippen molar-refractivity contribution in [2.75, 3.05) is 0 Å². The summed E-state index contributed by atoms with van der Waals surface area (Å²) < 4.78 is 0.735. The Kier molecular flexibility index (Phi) is 1.85. The van der Waals surface area contributed by atoms with Gasteiger partial charge in [0.15, 0.2) is 4.73 Å². The Bertz CT molecular complexity index is 397. The molecule has 0 fully saturated rings. The number of hydrogen-bond acceptors (Lipinski definition) is 1. The van der Waals surface area contributed by atoms with Gasteiger partial charge in [0.2, 0.25) is 0 Å². The Morgan fingerprint density at radius 3 is 3.00 bits per heavy atom. The fraction of sp³-hybridized carbons (Fsp3) is 0.125. The van der Waals surface area contributed by atoms with Gasteiger partial charge in [0.25, 0.3) is 0 Å². The van der Waals surface area contributed by atoms with Crippen LogP contribution in [0.25, 0.3) is 11.0 Å². The summed E-state index contributed by atoms with van der Waals surface area (Å²) in [7, 11) is 0. The minimum Gasteiger partial charge on any atom is -0.332 e. The van der Waals surface area contributed by atoms with Crippen molar-refractivity contribution in [3.63, 3.8) is 0 Å². The maximum atomic E-state index is 5.93. The first-order chi connectivity index (χ1) is 5.66. The molecule has 4 heteroatoms. The summed E-state index contributed by atoms with van der Waals surface area (Å²) in [6.45, 7) is 1.97. The molecule has 0 atom stereocenters. The normalized spacial score (nSPS) is 10.9. The SMILES string of the molecule is Cc1cc2[nH]c(Br)nc2cc1Cl. The van der Waals surface area contributed by atoms with E-state index in [-0.39, 0.29) is 0 Å². The van der Waals surface area contributed by atoms with Crippen molar-refractivity contribution in [3.8, 4) is 0 Å². The van der Waals surface area contributed by atoms with Gasteiger partial charge in [0.1, 0.15) is 0 Å². The van der Waals surface area contributed by atoms with Gasteiger partial charge in [-0.25, -0.2) is 4.98 Å². The predicted molar refractivity (Wildman–Crippen MR) is 53.5 cm³/mol. The number of aromatic amines is 1. The quantitative estimate of drug-likeness (QED) is 0.758. The van der Waals surface area contributed by atoms with Crippen LogP contribution < -0.4 is 0 Å². The molecule has 0 aliphatic carbocycles. The van der Waals surface area contributed by atoms with Gasteiger partial charge in [-0.05, 0) is 40.5 Å². The van der Waals surface area contributed by atoms with Crippen molar-refractivity contribution in [1.82, 2.24) is 9.97 Å². The second-order valence-corrected chi connectivity index (χ2v) is 3.80. The van der Waals surface area contributed by atoms with Gasteiger partial charge in [0.05, 0.1) is 11.0 Å². The number of aromatic nitrogens is 2. The van der Waals surface area contributed by atoms with Gasteiger partial charge in [-0.3, -0.25) is 0 Å². The Balaban J connectivity index is 2.83. The van der Waals surface area contributed by atoms with Crippen LogP contribution in [0.2, 0.25) is 5.02 Å². The Labute approximate surface area is 83.1 Å². The van der Waals surface area contributed by atoms with Crippen molar-refractivity contribution in [2.24, 2.45) is 0 Å². The molecule has 62 valence electrons. The van der Waals surface area contributed by atoms with E-state index in [2.05, 4.69) is 25.9 Å². The average Bonchev–Trinajstić information content (AvgIpc) is 2.30. The highest BCUT2D eigenvalue weighted by atomic mass is 79.9. The maximum Gasteiger partial charge on any atom is 0.175 e. The summed E-state index contributed by atoms with van der Waals surface area (Å²) in [6.07, 6.45) is 0. The highest BCUT2D eigenvalue weighted by Crippen LogP contribution is 2.22. The molecule has 0 amide bonds. The van der Waals surface area contributed by atoms with E-state index in [0.717, 1.165) is 26.4 Å². The van der Waals surface area contributed by atoms with Crippen LogP contribution in [0.15, 0.2) is 16.9 Å². The second kappa shape index (κ2) is 2.75. The molecular formula is C8H6BrClN2. The molecule has 12 heavy (non-hydrogen) atoms. The summed E-state index contributed by atoms with van der Waals surface area (Å²) in [5, 5.41) is 0.751. The van der Waals surface area contributed by atoms with E-state index in [1.807, 2.05) is 19.1 Å². The van der Waals surface area contributed by atoms with Crippen molar-refractivity contribution in [2.45, 2.75) is 6.92 Å². The monoisotopic (exact) mass is 244 g/mol. The van der Waals surface area contributed by atoms with Crippen LogP contribution in [0.3, 0.4) is 0 Å². The molecule has 0 aliphatic rings. The molecule has 1 aromatic carbocycles. The number of H-pyrrole nitrogens is 1. The molecule has 0 spiro atoms. The van der Waals surface area contributed by atoms with Crippen LogP contribution in [-0.4, -0.2) is 9.97 Å². The zero-order chi connectivity index (χ0) is 8.72. The topological polar surface area (TPSA) is 28.7 Å². The van der Waals surface area contributed by atoms with Crippen LogP contribution in [0.1, 0.15) is 5.56 Å². The van der Waals surface area contributed by atoms with Crippen LogP contribution >= 0.6 is 27.5 Å². The summed E-state index contributed by atoms with van der Waals surface area (Å²) in [6, 6.07) is 3.84. The molecule has 1 aromatic heterocycles. The number of nitrogens with zero attached hydrogens (tertiary/aromatic N) is 1. The number of imidazole rings is 1. The first kappa shape index (κ1) is 8.08. The van der Waals surface area contributed by atoms with Crippen LogP contribution in [0, 0.1) is 6.92 Å². The number of benzene rings is 1. The summed E-state index contributed by atoms with van der Waals surface area (Å²) in [5.41, 5.74) is 2.95. The first-order valence-corrected chi connectivity index (χ1v) is 4.65. The molecule has 2 aromatic rings. The lowest BCUT2D eigenvalue weighted by molar-refractivity contribution is 1.27. The first-order valence-electron chi connectivity index (χ1n) is 3.48. The second-order valence-electron chi connectivity index (χ2n) is 2.65. The van der Waals surface area contributed by atoms with E-state index >= 15 is 0 Å². The molecule has 0 radical (unpaired) electrons. The molecule has 1 N–H and O–H groups in total. The van der Waals surface area contributed by atoms with E-state index in [0.29, 0.717) is 0 Å². The standard InChI is InChI=1S/C8H6BrClN2/c1-4-2-6-7(3-5(4)10)12-8(9)11-6/h2-3H,1H3,(H,11,12). The number of nitrogens with one attached hydrogen (secondary N) is 1. The molecule has 0 saturated carbocycles. The number of rotatable bonds is 0. The number of fused-ring (bicyclic) bond motifs is 1. The molecular weight excluding hydrogens is 239 g/mol. The van der Waals surface area contributed by atoms with E-state index in [1.165, 1.54) is 0 Å². The fourth-order valence-electron chi connectivity index (χ4n) is 1.11. The molecule has 0 unspecified atom stereocenters. The van der Waals surface area contributed by atoms with Gasteiger partial charge in [0, 0.05) is 5.02 Å². The van der Waals surface area contributed by atoms with Crippen LogP contribution in [0.5, 0.6) is 0 Å². The minimum atomic E-state index is 0.735. The number of halogens is 2. The smallest absolute Gasteiger partial charge is 0.175 e. The van der Waals surface area contributed by atoms with Gasteiger partial charge in [-0.1, -0.05) is 11.6 Å². The van der Waals surface area contributed by atoms with Crippen LogP contribution in [-0.2, 0) is 0 Å². The largest absolute Gasteiger partial charge is 0.332 e. The Morgan fingerprint density at radius 2 is 2.25 bits per heavy atom. The van der Waals surface area contributed by atoms with Crippen LogP contribution in [0.4, 0.5) is 0 Å². The fourth-order valence-corrected chi connectivity index (χ4v) is 1.67. The van der Waals surface area contributed by atoms with E-state index in [1.54, 1.807) is 0 Å². The van der Waals surface area contributed by atoms with Crippen molar-refractivity contribution in [1.29, 1.82) is 0 Å². The van der Waals surface area contributed by atoms with Gasteiger partial charge >= 0.3 is 0 Å². The van der Waals surface area contributed by atoms with Crippen molar-refractivity contribution < 1.29 is 0 Å². The third-order valence-corrected chi connectivity index (χ3v) is 2.52. The maximum absolute atomic E-state index is 5.93. The van der Waals surface area contributed by atoms with E-state index in [9.17, 15) is 0 Å². The highest BCUT2D eigenvalue weighted by Gasteiger charge is 2.02. The molecule has 0 bridgehead atoms. The van der Waals surface area contributed by atoms with Gasteiger partial charge in [-0.2, -0.15) is 0 Å². The average molecular weight is 246 g/mol. The number of hydrogen-bond donors (Lipinski definition) is 1. The molecule has 2 nitrogen and oxygen atoms in total. The summed E-state index contributed by atoms with van der Waals surface area (Å²) in [5.74, 6) is 0. The lowest BCUT2D eigenvalue weighted by Gasteiger charge is -1.95. The zero-order valence-electron chi connectivity index (χ0n) is 6.36. The lowest BCUT2D eigenvalue weighted by atomic mass is 10.2. The molecule has 0 aliphatic heterocycles. The van der Waals surface area contributed by atoms with Gasteiger partial charge in [-0.15, -0.1) is 0 Å². The van der Waals surface area contributed by atoms with E-state index < -0.39 is 0 Å². The Hall–Kier alpha value is -0.540. The van der Waals surface area contributed by atoms with Crippen molar-refractivity contribution >= 4 is 38.6 Å².